The van der Waals surface area contributed by atoms with Crippen LogP contribution < -0.4 is 5.32 Å². The summed E-state index contributed by atoms with van der Waals surface area (Å²) in [6.45, 7) is 6.17. The lowest BCUT2D eigenvalue weighted by atomic mass is 10.2. The zero-order valence-corrected chi connectivity index (χ0v) is 18.4. The molecule has 0 bridgehead atoms. The van der Waals surface area contributed by atoms with Gasteiger partial charge in [-0.25, -0.2) is 4.39 Å². The van der Waals surface area contributed by atoms with Gasteiger partial charge in [0.15, 0.2) is 0 Å². The summed E-state index contributed by atoms with van der Waals surface area (Å²) in [6.07, 6.45) is 3.43. The summed E-state index contributed by atoms with van der Waals surface area (Å²) in [5.41, 5.74) is 1.87. The largest absolute Gasteiger partial charge is 0.331 e. The number of amides is 2. The molecule has 156 valence electrons. The fourth-order valence-electron chi connectivity index (χ4n) is 2.92. The van der Waals surface area contributed by atoms with Gasteiger partial charge in [-0.15, -0.1) is 11.3 Å². The lowest BCUT2D eigenvalue weighted by Crippen LogP contribution is -2.36. The second kappa shape index (κ2) is 9.36. The first-order valence-electron chi connectivity index (χ1n) is 9.33. The molecular weight excluding hydrogens is 425 g/mol. The Bertz CT molecular complexity index is 1070. The van der Waals surface area contributed by atoms with E-state index in [0.717, 1.165) is 17.2 Å². The van der Waals surface area contributed by atoms with Gasteiger partial charge in [0.05, 0.1) is 20.5 Å². The number of halogens is 2. The van der Waals surface area contributed by atoms with Gasteiger partial charge in [-0.05, 0) is 62.2 Å². The molecule has 30 heavy (non-hydrogen) atoms. The van der Waals surface area contributed by atoms with E-state index >= 15 is 0 Å². The Morgan fingerprint density at radius 2 is 2.03 bits per heavy atom. The summed E-state index contributed by atoms with van der Waals surface area (Å²) in [6, 6.07) is 9.08. The van der Waals surface area contributed by atoms with Crippen LogP contribution in [0, 0.1) is 12.7 Å². The molecule has 0 atom stereocenters. The highest BCUT2D eigenvalue weighted by atomic mass is 35.5. The number of hydrogen-bond donors (Lipinski definition) is 1. The van der Waals surface area contributed by atoms with Gasteiger partial charge in [0, 0.05) is 25.0 Å². The number of benzene rings is 1. The van der Waals surface area contributed by atoms with Crippen molar-refractivity contribution in [2.75, 3.05) is 5.32 Å². The molecule has 1 N–H and O–H groups in total. The standard InChI is InChI=1S/C22H21ClFN3O2S/c1-13(2)27(12-15-5-4-8-25-11-15)22(29)20-14(3)9-19(30-20)26-21(28)17-7-6-16(24)10-18(17)23/h4-11,13H,12H2,1-3H3,(H,26,28). The molecule has 0 radical (unpaired) electrons. The van der Waals surface area contributed by atoms with E-state index in [0.29, 0.717) is 16.4 Å². The van der Waals surface area contributed by atoms with Crippen LogP contribution in [0.3, 0.4) is 0 Å². The molecule has 3 aromatic rings. The topological polar surface area (TPSA) is 62.3 Å². The third-order valence-corrected chi connectivity index (χ3v) is 5.94. The van der Waals surface area contributed by atoms with Crippen LogP contribution >= 0.6 is 22.9 Å². The van der Waals surface area contributed by atoms with Crippen LogP contribution in [0.25, 0.3) is 0 Å². The Kier molecular flexibility index (Phi) is 6.84. The molecule has 2 aromatic heterocycles. The van der Waals surface area contributed by atoms with Crippen molar-refractivity contribution in [1.29, 1.82) is 0 Å². The molecule has 0 unspecified atom stereocenters. The third kappa shape index (κ3) is 5.04. The third-order valence-electron chi connectivity index (χ3n) is 4.48. The van der Waals surface area contributed by atoms with E-state index in [1.54, 1.807) is 23.4 Å². The van der Waals surface area contributed by atoms with Crippen LogP contribution in [-0.2, 0) is 6.54 Å². The summed E-state index contributed by atoms with van der Waals surface area (Å²) >= 11 is 7.17. The van der Waals surface area contributed by atoms with Crippen molar-refractivity contribution in [1.82, 2.24) is 9.88 Å². The van der Waals surface area contributed by atoms with Gasteiger partial charge in [0.2, 0.25) is 0 Å². The van der Waals surface area contributed by atoms with Crippen molar-refractivity contribution in [3.05, 3.63) is 81.2 Å². The van der Waals surface area contributed by atoms with Gasteiger partial charge in [-0.3, -0.25) is 14.6 Å². The Morgan fingerprint density at radius 3 is 2.67 bits per heavy atom. The highest BCUT2D eigenvalue weighted by Crippen LogP contribution is 2.30. The molecule has 1 aromatic carbocycles. The first-order chi connectivity index (χ1) is 14.3. The molecule has 2 heterocycles. The summed E-state index contributed by atoms with van der Waals surface area (Å²) in [5.74, 6) is -1.09. The summed E-state index contributed by atoms with van der Waals surface area (Å²) < 4.78 is 13.2. The number of carbonyl (C=O) groups excluding carboxylic acids is 2. The molecular formula is C22H21ClFN3O2S. The predicted molar refractivity (Wildman–Crippen MR) is 118 cm³/mol. The van der Waals surface area contributed by atoms with E-state index in [4.69, 9.17) is 11.6 Å². The van der Waals surface area contributed by atoms with Crippen molar-refractivity contribution >= 4 is 39.8 Å². The molecule has 0 fully saturated rings. The monoisotopic (exact) mass is 445 g/mol. The number of rotatable bonds is 6. The van der Waals surface area contributed by atoms with Gasteiger partial charge < -0.3 is 10.2 Å². The first-order valence-corrected chi connectivity index (χ1v) is 10.5. The van der Waals surface area contributed by atoms with E-state index in [9.17, 15) is 14.0 Å². The van der Waals surface area contributed by atoms with E-state index in [2.05, 4.69) is 10.3 Å². The van der Waals surface area contributed by atoms with Crippen molar-refractivity contribution in [2.24, 2.45) is 0 Å². The average molecular weight is 446 g/mol. The normalized spacial score (nSPS) is 10.9. The van der Waals surface area contributed by atoms with Gasteiger partial charge >= 0.3 is 0 Å². The van der Waals surface area contributed by atoms with E-state index in [-0.39, 0.29) is 22.5 Å². The van der Waals surface area contributed by atoms with Crippen LogP contribution in [0.2, 0.25) is 5.02 Å². The van der Waals surface area contributed by atoms with Crippen LogP contribution in [-0.4, -0.2) is 27.7 Å². The summed E-state index contributed by atoms with van der Waals surface area (Å²) in [4.78, 5) is 32.1. The minimum absolute atomic E-state index is 0.0183. The average Bonchev–Trinajstić information content (AvgIpc) is 3.06. The summed E-state index contributed by atoms with van der Waals surface area (Å²) in [5, 5.41) is 3.29. The Morgan fingerprint density at radius 1 is 1.27 bits per heavy atom. The van der Waals surface area contributed by atoms with Crippen LogP contribution in [0.1, 0.15) is 45.0 Å². The van der Waals surface area contributed by atoms with Crippen LogP contribution in [0.5, 0.6) is 0 Å². The molecule has 0 aliphatic rings. The molecule has 0 saturated carbocycles. The zero-order valence-electron chi connectivity index (χ0n) is 16.8. The fourth-order valence-corrected chi connectivity index (χ4v) is 4.19. The number of nitrogens with one attached hydrogen (secondary N) is 1. The minimum atomic E-state index is -0.515. The second-order valence-electron chi connectivity index (χ2n) is 7.09. The maximum Gasteiger partial charge on any atom is 0.264 e. The van der Waals surface area contributed by atoms with Gasteiger partial charge in [-0.2, -0.15) is 0 Å². The number of pyridine rings is 1. The van der Waals surface area contributed by atoms with Crippen molar-refractivity contribution in [3.8, 4) is 0 Å². The number of carbonyl (C=O) groups is 2. The highest BCUT2D eigenvalue weighted by molar-refractivity contribution is 7.18. The predicted octanol–water partition coefficient (Wildman–Crippen LogP) is 5.55. The van der Waals surface area contributed by atoms with E-state index < -0.39 is 11.7 Å². The minimum Gasteiger partial charge on any atom is -0.331 e. The number of nitrogens with zero attached hydrogens (tertiary/aromatic N) is 2. The number of hydrogen-bond acceptors (Lipinski definition) is 4. The molecule has 0 aliphatic heterocycles. The molecule has 3 rings (SSSR count). The molecule has 0 aliphatic carbocycles. The smallest absolute Gasteiger partial charge is 0.264 e. The van der Waals surface area contributed by atoms with Gasteiger partial charge in [0.1, 0.15) is 5.82 Å². The Hall–Kier alpha value is -2.77. The number of anilines is 1. The van der Waals surface area contributed by atoms with Crippen molar-refractivity contribution in [2.45, 2.75) is 33.4 Å². The quantitative estimate of drug-likeness (QED) is 0.541. The Labute approximate surface area is 183 Å². The number of thiophene rings is 1. The van der Waals surface area contributed by atoms with E-state index in [1.165, 1.54) is 23.5 Å². The zero-order chi connectivity index (χ0) is 21.8. The molecule has 0 saturated heterocycles. The van der Waals surface area contributed by atoms with Gasteiger partial charge in [-0.1, -0.05) is 17.7 Å². The molecule has 5 nitrogen and oxygen atoms in total. The molecule has 0 spiro atoms. The summed E-state index contributed by atoms with van der Waals surface area (Å²) in [7, 11) is 0. The maximum absolute atomic E-state index is 13.2. The van der Waals surface area contributed by atoms with Crippen molar-refractivity contribution in [3.63, 3.8) is 0 Å². The lowest BCUT2D eigenvalue weighted by Gasteiger charge is -2.26. The van der Waals surface area contributed by atoms with Crippen LogP contribution in [0.15, 0.2) is 48.8 Å². The van der Waals surface area contributed by atoms with Crippen molar-refractivity contribution < 1.29 is 14.0 Å². The molecule has 2 amide bonds. The lowest BCUT2D eigenvalue weighted by molar-refractivity contribution is 0.0694. The maximum atomic E-state index is 13.2. The van der Waals surface area contributed by atoms with Gasteiger partial charge in [0.25, 0.3) is 11.8 Å². The second-order valence-corrected chi connectivity index (χ2v) is 8.55. The van der Waals surface area contributed by atoms with Crippen LogP contribution in [0.4, 0.5) is 9.39 Å². The molecule has 8 heteroatoms. The highest BCUT2D eigenvalue weighted by Gasteiger charge is 2.24. The fraction of sp³-hybridized carbons (Fsp3) is 0.227. The Balaban J connectivity index is 1.80. The number of aryl methyl sites for hydroxylation is 1. The first kappa shape index (κ1) is 21.9. The van der Waals surface area contributed by atoms with E-state index in [1.807, 2.05) is 32.9 Å². The SMILES string of the molecule is Cc1cc(NC(=O)c2ccc(F)cc2Cl)sc1C(=O)N(Cc1cccnc1)C(C)C. The number of aromatic nitrogens is 1.